The second-order valence-corrected chi connectivity index (χ2v) is 8.25. The van der Waals surface area contributed by atoms with Crippen molar-refractivity contribution < 1.29 is 28.7 Å². The Morgan fingerprint density at radius 2 is 2.00 bits per heavy atom. The molecule has 1 atom stereocenters. The minimum absolute atomic E-state index is 0.0785. The van der Waals surface area contributed by atoms with E-state index in [0.29, 0.717) is 22.1 Å². The molecule has 1 aliphatic heterocycles. The van der Waals surface area contributed by atoms with Gasteiger partial charge in [-0.15, -0.1) is 10.2 Å². The molecule has 0 saturated heterocycles. The molecule has 186 valence electrons. The molecular weight excluding hydrogens is 490 g/mol. The highest BCUT2D eigenvalue weighted by molar-refractivity contribution is 7.98. The number of methoxy groups -OCH3 is 1. The number of nitro benzene ring substituents is 1. The Morgan fingerprint density at radius 1 is 1.25 bits per heavy atom. The number of hydrogen-bond acceptors (Lipinski definition) is 11. The number of nitro groups is 1. The normalized spacial score (nSPS) is 14.1. The summed E-state index contributed by atoms with van der Waals surface area (Å²) < 4.78 is 16.6. The highest BCUT2D eigenvalue weighted by atomic mass is 32.2. The fourth-order valence-corrected chi connectivity index (χ4v) is 4.04. The maximum atomic E-state index is 13.3. The van der Waals surface area contributed by atoms with E-state index in [1.54, 1.807) is 37.4 Å². The number of benzene rings is 2. The zero-order valence-electron chi connectivity index (χ0n) is 19.8. The number of thioether (sulfide) groups is 1. The Balaban J connectivity index is 2.01. The third-order valence-corrected chi connectivity index (χ3v) is 5.81. The minimum Gasteiger partial charge on any atom is -0.493 e. The van der Waals surface area contributed by atoms with E-state index >= 15 is 0 Å². The summed E-state index contributed by atoms with van der Waals surface area (Å²) in [5.74, 6) is -1.40. The fraction of sp³-hybridized carbons (Fsp3) is 0.261. The summed E-state index contributed by atoms with van der Waals surface area (Å²) in [6.07, 6.45) is 0.704. The molecule has 0 aliphatic carbocycles. The van der Waals surface area contributed by atoms with Crippen LogP contribution in [0.4, 0.5) is 11.4 Å². The van der Waals surface area contributed by atoms with Crippen molar-refractivity contribution in [2.24, 2.45) is 0 Å². The van der Waals surface area contributed by atoms with Crippen LogP contribution in [0.25, 0.3) is 11.3 Å². The van der Waals surface area contributed by atoms with E-state index in [9.17, 15) is 19.7 Å². The van der Waals surface area contributed by atoms with Gasteiger partial charge in [-0.2, -0.15) is 4.98 Å². The summed E-state index contributed by atoms with van der Waals surface area (Å²) in [7, 11) is 1.28. The number of hydrogen-bond donors (Lipinski definition) is 0. The predicted octanol–water partition coefficient (Wildman–Crippen LogP) is 3.94. The lowest BCUT2D eigenvalue weighted by atomic mass is 10.1. The summed E-state index contributed by atoms with van der Waals surface area (Å²) in [5.41, 5.74) is 1.01. The van der Waals surface area contributed by atoms with Gasteiger partial charge in [-0.1, -0.05) is 36.9 Å². The van der Waals surface area contributed by atoms with Crippen molar-refractivity contribution in [2.45, 2.75) is 31.7 Å². The largest absolute Gasteiger partial charge is 0.493 e. The molecule has 2 aromatic carbocycles. The van der Waals surface area contributed by atoms with E-state index in [1.807, 2.05) is 0 Å². The number of nitrogens with zero attached hydrogens (tertiary/aromatic N) is 5. The Bertz CT molecular complexity index is 1370. The number of rotatable bonds is 6. The van der Waals surface area contributed by atoms with Crippen molar-refractivity contribution >= 4 is 35.0 Å². The lowest BCUT2D eigenvalue weighted by molar-refractivity contribution is -0.385. The molecule has 1 amide bonds. The van der Waals surface area contributed by atoms with Crippen LogP contribution in [0, 0.1) is 10.1 Å². The fourth-order valence-electron chi connectivity index (χ4n) is 3.74. The van der Waals surface area contributed by atoms with Crippen molar-refractivity contribution in [2.75, 3.05) is 18.3 Å². The highest BCUT2D eigenvalue weighted by Gasteiger charge is 2.37. The average Bonchev–Trinajstić information content (AvgIpc) is 3.02. The molecular formula is C23H21N5O7S. The van der Waals surface area contributed by atoms with Crippen LogP contribution < -0.4 is 19.1 Å². The van der Waals surface area contributed by atoms with Crippen LogP contribution in [0.15, 0.2) is 41.6 Å². The first-order valence-corrected chi connectivity index (χ1v) is 11.9. The molecule has 2 heterocycles. The van der Waals surface area contributed by atoms with Gasteiger partial charge in [-0.05, 0) is 18.4 Å². The lowest BCUT2D eigenvalue weighted by Crippen LogP contribution is -2.37. The SMILES string of the molecule is CCC(=O)N1c2ccccc2-c2nnc(SC)nc2OC1c1cc(OC)c(OC(C)=O)c([N+](=O)[O-])c1. The molecule has 0 saturated carbocycles. The summed E-state index contributed by atoms with van der Waals surface area (Å²) in [6.45, 7) is 2.81. The van der Waals surface area contributed by atoms with Crippen molar-refractivity contribution in [3.63, 3.8) is 0 Å². The Kier molecular flexibility index (Phi) is 7.01. The maximum absolute atomic E-state index is 13.3. The van der Waals surface area contributed by atoms with Gasteiger partial charge in [0.15, 0.2) is 11.4 Å². The van der Waals surface area contributed by atoms with Gasteiger partial charge in [0, 0.05) is 30.5 Å². The third kappa shape index (κ3) is 4.52. The van der Waals surface area contributed by atoms with E-state index in [4.69, 9.17) is 14.2 Å². The van der Waals surface area contributed by atoms with Crippen molar-refractivity contribution in [3.8, 4) is 28.6 Å². The van der Waals surface area contributed by atoms with Crippen LogP contribution in [-0.4, -0.2) is 45.3 Å². The maximum Gasteiger partial charge on any atom is 0.316 e. The predicted molar refractivity (Wildman–Crippen MR) is 129 cm³/mol. The third-order valence-electron chi connectivity index (χ3n) is 5.27. The minimum atomic E-state index is -1.19. The summed E-state index contributed by atoms with van der Waals surface area (Å²) in [5, 5.41) is 20.7. The van der Waals surface area contributed by atoms with Crippen LogP contribution in [0.2, 0.25) is 0 Å². The van der Waals surface area contributed by atoms with Gasteiger partial charge in [0.05, 0.1) is 17.7 Å². The van der Waals surface area contributed by atoms with Gasteiger partial charge in [0.2, 0.25) is 28.9 Å². The standard InChI is InChI=1S/C23H21N5O7S/c1-5-18(30)27-15-9-7-6-8-14(15)19-21(24-23(36-4)26-25-19)35-22(27)13-10-16(28(31)32)20(34-12(2)29)17(11-13)33-3/h6-11,22H,5H2,1-4H3. The second-order valence-electron chi connectivity index (χ2n) is 7.48. The number of carbonyl (C=O) groups is 2. The number of amides is 1. The van der Waals surface area contributed by atoms with Gasteiger partial charge >= 0.3 is 11.7 Å². The average molecular weight is 512 g/mol. The van der Waals surface area contributed by atoms with E-state index in [0.717, 1.165) is 6.92 Å². The second kappa shape index (κ2) is 10.2. The molecule has 0 fully saturated rings. The monoisotopic (exact) mass is 511 g/mol. The zero-order chi connectivity index (χ0) is 26.0. The summed E-state index contributed by atoms with van der Waals surface area (Å²) >= 11 is 1.26. The molecule has 0 spiro atoms. The molecule has 12 nitrogen and oxygen atoms in total. The number of esters is 1. The summed E-state index contributed by atoms with van der Waals surface area (Å²) in [6, 6.07) is 9.61. The number of aromatic nitrogens is 3. The van der Waals surface area contributed by atoms with Crippen LogP contribution in [0.5, 0.6) is 17.4 Å². The molecule has 13 heteroatoms. The number of anilines is 1. The first-order chi connectivity index (χ1) is 17.3. The van der Waals surface area contributed by atoms with Gasteiger partial charge in [0.25, 0.3) is 0 Å². The quantitative estimate of drug-likeness (QED) is 0.156. The van der Waals surface area contributed by atoms with Crippen LogP contribution in [-0.2, 0) is 9.59 Å². The van der Waals surface area contributed by atoms with Crippen molar-refractivity contribution in [1.29, 1.82) is 0 Å². The molecule has 3 aromatic rings. The van der Waals surface area contributed by atoms with Crippen LogP contribution in [0.1, 0.15) is 32.1 Å². The molecule has 0 bridgehead atoms. The molecule has 36 heavy (non-hydrogen) atoms. The number of ether oxygens (including phenoxy) is 3. The van der Waals surface area contributed by atoms with Gasteiger partial charge in [0.1, 0.15) is 0 Å². The molecule has 0 radical (unpaired) electrons. The molecule has 1 aromatic heterocycles. The Labute approximate surface area is 209 Å². The molecule has 1 aliphatic rings. The van der Waals surface area contributed by atoms with Crippen molar-refractivity contribution in [1.82, 2.24) is 15.2 Å². The van der Waals surface area contributed by atoms with Gasteiger partial charge in [-0.3, -0.25) is 24.6 Å². The highest BCUT2D eigenvalue weighted by Crippen LogP contribution is 2.46. The molecule has 1 unspecified atom stereocenters. The zero-order valence-corrected chi connectivity index (χ0v) is 20.6. The Hall–Kier alpha value is -4.26. The van der Waals surface area contributed by atoms with Gasteiger partial charge < -0.3 is 14.2 Å². The first-order valence-electron chi connectivity index (χ1n) is 10.7. The first kappa shape index (κ1) is 24.9. The number of carbonyl (C=O) groups excluding carboxylic acids is 2. The number of fused-ring (bicyclic) bond motifs is 3. The van der Waals surface area contributed by atoms with E-state index < -0.39 is 22.8 Å². The molecule has 0 N–H and O–H groups in total. The van der Waals surface area contributed by atoms with E-state index in [1.165, 1.54) is 35.9 Å². The van der Waals surface area contributed by atoms with Crippen LogP contribution >= 0.6 is 11.8 Å². The Morgan fingerprint density at radius 3 is 2.64 bits per heavy atom. The lowest BCUT2D eigenvalue weighted by Gasteiger charge is -2.30. The van der Waals surface area contributed by atoms with Gasteiger partial charge in [-0.25, -0.2) is 0 Å². The van der Waals surface area contributed by atoms with E-state index in [-0.39, 0.29) is 35.3 Å². The van der Waals surface area contributed by atoms with Crippen molar-refractivity contribution in [3.05, 3.63) is 52.1 Å². The number of para-hydroxylation sites is 1. The topological polar surface area (TPSA) is 147 Å². The van der Waals surface area contributed by atoms with E-state index in [2.05, 4.69) is 15.2 Å². The molecule has 4 rings (SSSR count). The van der Waals surface area contributed by atoms with Crippen LogP contribution in [0.3, 0.4) is 0 Å². The summed E-state index contributed by atoms with van der Waals surface area (Å²) in [4.78, 5) is 41.9. The smallest absolute Gasteiger partial charge is 0.316 e.